The third kappa shape index (κ3) is 4.10. The van der Waals surface area contributed by atoms with E-state index >= 15 is 0 Å². The first-order valence-electron chi connectivity index (χ1n) is 9.02. The highest BCUT2D eigenvalue weighted by Crippen LogP contribution is 2.25. The minimum absolute atomic E-state index is 0.0367. The Morgan fingerprint density at radius 3 is 2.40 bits per heavy atom. The van der Waals surface area contributed by atoms with Gasteiger partial charge in [-0.25, -0.2) is 0 Å². The standard InChI is InChI=1S/C20H30N4O/c1-5-20(6-2,14-21)19(25)22-12-18-15(3)23-24(16(18)4)13-17-10-8-7-9-11-17/h7-11H,5-6,12-14,21H2,1-4H3,(H,22,25). The topological polar surface area (TPSA) is 72.9 Å². The Labute approximate surface area is 150 Å². The first-order valence-corrected chi connectivity index (χ1v) is 9.02. The number of hydrogen-bond donors (Lipinski definition) is 2. The number of hydrogen-bond acceptors (Lipinski definition) is 3. The van der Waals surface area contributed by atoms with Crippen LogP contribution >= 0.6 is 0 Å². The number of aryl methyl sites for hydroxylation is 1. The number of carbonyl (C=O) groups excluding carboxylic acids is 1. The molecule has 25 heavy (non-hydrogen) atoms. The summed E-state index contributed by atoms with van der Waals surface area (Å²) < 4.78 is 2.00. The van der Waals surface area contributed by atoms with E-state index in [9.17, 15) is 4.79 Å². The lowest BCUT2D eigenvalue weighted by Crippen LogP contribution is -2.45. The summed E-state index contributed by atoms with van der Waals surface area (Å²) in [5, 5.41) is 7.73. The summed E-state index contributed by atoms with van der Waals surface area (Å²) in [6.07, 6.45) is 1.49. The van der Waals surface area contributed by atoms with Gasteiger partial charge in [0.25, 0.3) is 0 Å². The number of nitrogens with zero attached hydrogens (tertiary/aromatic N) is 2. The van der Waals surface area contributed by atoms with Crippen LogP contribution < -0.4 is 11.1 Å². The number of nitrogens with two attached hydrogens (primary N) is 1. The molecule has 1 aromatic heterocycles. The Balaban J connectivity index is 2.12. The van der Waals surface area contributed by atoms with Gasteiger partial charge in [-0.2, -0.15) is 5.10 Å². The molecule has 0 aliphatic rings. The van der Waals surface area contributed by atoms with Crippen LogP contribution in [0.25, 0.3) is 0 Å². The summed E-state index contributed by atoms with van der Waals surface area (Å²) in [6.45, 7) is 9.68. The summed E-state index contributed by atoms with van der Waals surface area (Å²) in [4.78, 5) is 12.6. The zero-order valence-corrected chi connectivity index (χ0v) is 15.8. The predicted octanol–water partition coefficient (Wildman–Crippen LogP) is 2.93. The monoisotopic (exact) mass is 342 g/mol. The zero-order valence-electron chi connectivity index (χ0n) is 15.8. The number of benzene rings is 1. The van der Waals surface area contributed by atoms with E-state index in [1.807, 2.05) is 43.7 Å². The fourth-order valence-corrected chi connectivity index (χ4v) is 3.21. The van der Waals surface area contributed by atoms with Gasteiger partial charge in [0.2, 0.25) is 5.91 Å². The van der Waals surface area contributed by atoms with Gasteiger partial charge in [-0.15, -0.1) is 0 Å². The van der Waals surface area contributed by atoms with Crippen LogP contribution in [-0.4, -0.2) is 22.2 Å². The second-order valence-corrected chi connectivity index (χ2v) is 6.67. The summed E-state index contributed by atoms with van der Waals surface area (Å²) in [5.41, 5.74) is 9.75. The average Bonchev–Trinajstić information content (AvgIpc) is 2.89. The minimum atomic E-state index is -0.470. The van der Waals surface area contributed by atoms with Crippen LogP contribution in [0.5, 0.6) is 0 Å². The van der Waals surface area contributed by atoms with Gasteiger partial charge in [0.1, 0.15) is 0 Å². The van der Waals surface area contributed by atoms with Gasteiger partial charge in [-0.3, -0.25) is 9.48 Å². The van der Waals surface area contributed by atoms with Crippen LogP contribution in [0, 0.1) is 19.3 Å². The van der Waals surface area contributed by atoms with Crippen LogP contribution in [0.2, 0.25) is 0 Å². The van der Waals surface area contributed by atoms with E-state index in [4.69, 9.17) is 5.73 Å². The maximum Gasteiger partial charge on any atom is 0.227 e. The van der Waals surface area contributed by atoms with Crippen LogP contribution in [0.15, 0.2) is 30.3 Å². The highest BCUT2D eigenvalue weighted by molar-refractivity contribution is 5.82. The molecule has 3 N–H and O–H groups in total. The molecule has 136 valence electrons. The molecule has 2 rings (SSSR count). The molecule has 0 radical (unpaired) electrons. The molecule has 1 amide bonds. The van der Waals surface area contributed by atoms with Crippen molar-refractivity contribution < 1.29 is 4.79 Å². The molecule has 0 bridgehead atoms. The van der Waals surface area contributed by atoms with Gasteiger partial charge in [0.05, 0.1) is 17.7 Å². The lowest BCUT2D eigenvalue weighted by Gasteiger charge is -2.28. The Hall–Kier alpha value is -2.14. The quantitative estimate of drug-likeness (QED) is 0.775. The van der Waals surface area contributed by atoms with Crippen molar-refractivity contribution in [3.8, 4) is 0 Å². The van der Waals surface area contributed by atoms with Crippen molar-refractivity contribution >= 4 is 5.91 Å². The molecular formula is C20H30N4O. The van der Waals surface area contributed by atoms with Crippen molar-refractivity contribution in [1.82, 2.24) is 15.1 Å². The van der Waals surface area contributed by atoms with Gasteiger partial charge in [0.15, 0.2) is 0 Å². The normalized spacial score (nSPS) is 11.6. The molecule has 1 aromatic carbocycles. The first-order chi connectivity index (χ1) is 12.0. The van der Waals surface area contributed by atoms with Crippen molar-refractivity contribution in [3.05, 3.63) is 52.8 Å². The molecular weight excluding hydrogens is 312 g/mol. The fourth-order valence-electron chi connectivity index (χ4n) is 3.21. The number of amides is 1. The minimum Gasteiger partial charge on any atom is -0.351 e. The molecule has 5 nitrogen and oxygen atoms in total. The Bertz CT molecular complexity index is 694. The first kappa shape index (κ1) is 19.2. The van der Waals surface area contributed by atoms with E-state index in [2.05, 4.69) is 29.5 Å². The van der Waals surface area contributed by atoms with Gasteiger partial charge < -0.3 is 11.1 Å². The van der Waals surface area contributed by atoms with Crippen molar-refractivity contribution in [2.45, 2.75) is 53.6 Å². The maximum atomic E-state index is 12.6. The van der Waals surface area contributed by atoms with Crippen molar-refractivity contribution in [2.75, 3.05) is 6.54 Å². The van der Waals surface area contributed by atoms with Crippen molar-refractivity contribution in [3.63, 3.8) is 0 Å². The average molecular weight is 342 g/mol. The predicted molar refractivity (Wildman–Crippen MR) is 101 cm³/mol. The third-order valence-electron chi connectivity index (χ3n) is 5.36. The molecule has 0 unspecified atom stereocenters. The maximum absolute atomic E-state index is 12.6. The summed E-state index contributed by atoms with van der Waals surface area (Å²) in [7, 11) is 0. The molecule has 0 aliphatic carbocycles. The zero-order chi connectivity index (χ0) is 18.4. The molecule has 5 heteroatoms. The summed E-state index contributed by atoms with van der Waals surface area (Å²) >= 11 is 0. The molecule has 0 aliphatic heterocycles. The largest absolute Gasteiger partial charge is 0.351 e. The highest BCUT2D eigenvalue weighted by Gasteiger charge is 2.33. The molecule has 2 aromatic rings. The fraction of sp³-hybridized carbons (Fsp3) is 0.500. The SMILES string of the molecule is CCC(CC)(CN)C(=O)NCc1c(C)nn(Cc2ccccc2)c1C. The van der Waals surface area contributed by atoms with E-state index in [1.165, 1.54) is 5.56 Å². The lowest BCUT2D eigenvalue weighted by atomic mass is 9.81. The third-order valence-corrected chi connectivity index (χ3v) is 5.36. The van der Waals surface area contributed by atoms with E-state index in [0.29, 0.717) is 13.1 Å². The highest BCUT2D eigenvalue weighted by atomic mass is 16.2. The van der Waals surface area contributed by atoms with Gasteiger partial charge in [-0.1, -0.05) is 44.2 Å². The summed E-state index contributed by atoms with van der Waals surface area (Å²) in [5.74, 6) is 0.0367. The molecule has 0 fully saturated rings. The summed E-state index contributed by atoms with van der Waals surface area (Å²) in [6, 6.07) is 10.3. The number of aromatic nitrogens is 2. The Kier molecular flexibility index (Phi) is 6.37. The molecule has 0 saturated carbocycles. The Morgan fingerprint density at radius 2 is 1.84 bits per heavy atom. The molecule has 0 atom stereocenters. The van der Waals surface area contributed by atoms with Crippen LogP contribution in [0.4, 0.5) is 0 Å². The Morgan fingerprint density at radius 1 is 1.20 bits per heavy atom. The van der Waals surface area contributed by atoms with Gasteiger partial charge >= 0.3 is 0 Å². The van der Waals surface area contributed by atoms with Crippen LogP contribution in [0.1, 0.15) is 49.2 Å². The molecule has 1 heterocycles. The number of rotatable bonds is 8. The molecule has 0 spiro atoms. The lowest BCUT2D eigenvalue weighted by molar-refractivity contribution is -0.131. The van der Waals surface area contributed by atoms with E-state index in [-0.39, 0.29) is 5.91 Å². The van der Waals surface area contributed by atoms with Crippen LogP contribution in [0.3, 0.4) is 0 Å². The smallest absolute Gasteiger partial charge is 0.227 e. The van der Waals surface area contributed by atoms with E-state index in [0.717, 1.165) is 36.3 Å². The van der Waals surface area contributed by atoms with Crippen molar-refractivity contribution in [2.24, 2.45) is 11.1 Å². The second kappa shape index (κ2) is 8.30. The second-order valence-electron chi connectivity index (χ2n) is 6.67. The molecule has 0 saturated heterocycles. The van der Waals surface area contributed by atoms with Gasteiger partial charge in [0, 0.05) is 24.3 Å². The van der Waals surface area contributed by atoms with Crippen molar-refractivity contribution in [1.29, 1.82) is 0 Å². The van der Waals surface area contributed by atoms with Gasteiger partial charge in [-0.05, 0) is 32.3 Å². The van der Waals surface area contributed by atoms with E-state index in [1.54, 1.807) is 0 Å². The number of carbonyl (C=O) groups is 1. The number of nitrogens with one attached hydrogen (secondary N) is 1. The van der Waals surface area contributed by atoms with E-state index < -0.39 is 5.41 Å². The van der Waals surface area contributed by atoms with Crippen LogP contribution in [-0.2, 0) is 17.9 Å².